The third-order valence-corrected chi connectivity index (χ3v) is 5.47. The number of aromatic amines is 1. The second-order valence-electron chi connectivity index (χ2n) is 4.90. The normalized spacial score (nSPS) is 12.5. The highest BCUT2D eigenvalue weighted by Gasteiger charge is 2.10. The van der Waals surface area contributed by atoms with Crippen molar-refractivity contribution in [3.63, 3.8) is 0 Å². The summed E-state index contributed by atoms with van der Waals surface area (Å²) in [5.41, 5.74) is 3.48. The van der Waals surface area contributed by atoms with Gasteiger partial charge in [0.05, 0.1) is 5.69 Å². The molecular formula is C16H16BrN3S. The minimum atomic E-state index is 0.339. The van der Waals surface area contributed by atoms with Crippen LogP contribution in [0.5, 0.6) is 0 Å². The zero-order chi connectivity index (χ0) is 14.7. The van der Waals surface area contributed by atoms with E-state index in [1.807, 2.05) is 6.07 Å². The summed E-state index contributed by atoms with van der Waals surface area (Å²) in [6, 6.07) is 13.0. The van der Waals surface area contributed by atoms with Gasteiger partial charge in [0, 0.05) is 28.1 Å². The first-order valence-corrected chi connectivity index (χ1v) is 8.46. The molecule has 0 fully saturated rings. The van der Waals surface area contributed by atoms with Crippen molar-refractivity contribution in [1.82, 2.24) is 15.5 Å². The zero-order valence-electron chi connectivity index (χ0n) is 11.6. The quantitative estimate of drug-likeness (QED) is 0.688. The van der Waals surface area contributed by atoms with E-state index in [-0.39, 0.29) is 0 Å². The molecule has 2 heterocycles. The number of hydrogen-bond donors (Lipinski definition) is 2. The van der Waals surface area contributed by atoms with E-state index in [9.17, 15) is 0 Å². The van der Waals surface area contributed by atoms with E-state index >= 15 is 0 Å². The van der Waals surface area contributed by atoms with E-state index in [4.69, 9.17) is 0 Å². The van der Waals surface area contributed by atoms with Crippen LogP contribution >= 0.6 is 27.3 Å². The molecule has 3 nitrogen and oxygen atoms in total. The third-order valence-electron chi connectivity index (χ3n) is 3.42. The lowest BCUT2D eigenvalue weighted by Crippen LogP contribution is -2.17. The Morgan fingerprint density at radius 3 is 2.67 bits per heavy atom. The van der Waals surface area contributed by atoms with Crippen molar-refractivity contribution in [2.75, 3.05) is 0 Å². The first-order valence-electron chi connectivity index (χ1n) is 6.79. The summed E-state index contributed by atoms with van der Waals surface area (Å²) < 4.78 is 1.18. The van der Waals surface area contributed by atoms with E-state index in [1.165, 1.54) is 14.9 Å². The smallest absolute Gasteiger partial charge is 0.0650 e. The van der Waals surface area contributed by atoms with Crippen LogP contribution < -0.4 is 5.32 Å². The lowest BCUT2D eigenvalue weighted by atomic mass is 10.1. The van der Waals surface area contributed by atoms with E-state index in [0.29, 0.717) is 6.04 Å². The van der Waals surface area contributed by atoms with Crippen LogP contribution in [0.4, 0.5) is 0 Å². The molecule has 0 saturated carbocycles. The van der Waals surface area contributed by atoms with Crippen molar-refractivity contribution in [1.29, 1.82) is 0 Å². The first-order chi connectivity index (χ1) is 10.2. The summed E-state index contributed by atoms with van der Waals surface area (Å²) in [7, 11) is 0. The van der Waals surface area contributed by atoms with Gasteiger partial charge in [-0.25, -0.2) is 0 Å². The second-order valence-corrected chi connectivity index (χ2v) is 6.70. The average molecular weight is 362 g/mol. The van der Waals surface area contributed by atoms with Crippen LogP contribution in [0.2, 0.25) is 0 Å². The Morgan fingerprint density at radius 2 is 2.05 bits per heavy atom. The standard InChI is InChI=1S/C16H16BrN3S/c1-11(16-14(17)7-9-21-16)18-10-12-2-4-13(5-3-12)15-6-8-19-20-15/h2-9,11,18H,10H2,1H3,(H,19,20). The number of nitrogens with one attached hydrogen (secondary N) is 2. The van der Waals surface area contributed by atoms with E-state index < -0.39 is 0 Å². The fraction of sp³-hybridized carbons (Fsp3) is 0.188. The molecule has 2 aromatic heterocycles. The topological polar surface area (TPSA) is 40.7 Å². The minimum Gasteiger partial charge on any atom is -0.305 e. The van der Waals surface area contributed by atoms with Gasteiger partial charge in [0.2, 0.25) is 0 Å². The highest BCUT2D eigenvalue weighted by molar-refractivity contribution is 9.10. The number of halogens is 1. The van der Waals surface area contributed by atoms with Gasteiger partial charge in [-0.15, -0.1) is 11.3 Å². The summed E-state index contributed by atoms with van der Waals surface area (Å²) in [5.74, 6) is 0. The lowest BCUT2D eigenvalue weighted by molar-refractivity contribution is 0.581. The SMILES string of the molecule is CC(NCc1ccc(-c2ccn[nH]2)cc1)c1sccc1Br. The Balaban J connectivity index is 1.62. The molecule has 0 bridgehead atoms. The Labute approximate surface area is 136 Å². The van der Waals surface area contributed by atoms with Gasteiger partial charge >= 0.3 is 0 Å². The number of hydrogen-bond acceptors (Lipinski definition) is 3. The summed E-state index contributed by atoms with van der Waals surface area (Å²) >= 11 is 5.36. The summed E-state index contributed by atoms with van der Waals surface area (Å²) in [6.45, 7) is 3.05. The van der Waals surface area contributed by atoms with Crippen molar-refractivity contribution < 1.29 is 0 Å². The van der Waals surface area contributed by atoms with Crippen LogP contribution in [0.15, 0.2) is 52.4 Å². The summed E-state index contributed by atoms with van der Waals surface area (Å²) in [4.78, 5) is 1.34. The number of benzene rings is 1. The molecule has 5 heteroatoms. The number of aromatic nitrogens is 2. The van der Waals surface area contributed by atoms with Gasteiger partial charge in [-0.3, -0.25) is 5.10 Å². The Kier molecular flexibility index (Phi) is 4.53. The molecule has 21 heavy (non-hydrogen) atoms. The fourth-order valence-corrected chi connectivity index (χ4v) is 3.95. The molecule has 1 aromatic carbocycles. The van der Waals surface area contributed by atoms with Crippen molar-refractivity contribution in [3.8, 4) is 11.3 Å². The molecule has 0 radical (unpaired) electrons. The number of rotatable bonds is 5. The van der Waals surface area contributed by atoms with Crippen molar-refractivity contribution in [2.45, 2.75) is 19.5 Å². The molecule has 0 amide bonds. The monoisotopic (exact) mass is 361 g/mol. The fourth-order valence-electron chi connectivity index (χ4n) is 2.20. The number of nitrogens with zero attached hydrogens (tertiary/aromatic N) is 1. The Morgan fingerprint density at radius 1 is 1.24 bits per heavy atom. The molecule has 0 aliphatic carbocycles. The summed E-state index contributed by atoms with van der Waals surface area (Å²) in [5, 5.41) is 12.6. The van der Waals surface area contributed by atoms with Gasteiger partial charge in [0.1, 0.15) is 0 Å². The third kappa shape index (κ3) is 3.43. The highest BCUT2D eigenvalue weighted by atomic mass is 79.9. The molecule has 3 rings (SSSR count). The second kappa shape index (κ2) is 6.56. The van der Waals surface area contributed by atoms with Gasteiger partial charge in [0.25, 0.3) is 0 Å². The van der Waals surface area contributed by atoms with Crippen LogP contribution in [0.3, 0.4) is 0 Å². The van der Waals surface area contributed by atoms with Crippen LogP contribution in [-0.4, -0.2) is 10.2 Å². The van der Waals surface area contributed by atoms with Crippen molar-refractivity contribution in [3.05, 3.63) is 62.9 Å². The first kappa shape index (κ1) is 14.5. The van der Waals surface area contributed by atoms with E-state index in [2.05, 4.69) is 74.1 Å². The maximum absolute atomic E-state index is 3.98. The molecule has 1 atom stereocenters. The van der Waals surface area contributed by atoms with Gasteiger partial charge < -0.3 is 5.32 Å². The Bertz CT molecular complexity index is 689. The van der Waals surface area contributed by atoms with Crippen LogP contribution in [-0.2, 0) is 6.54 Å². The van der Waals surface area contributed by atoms with Gasteiger partial charge in [-0.05, 0) is 51.5 Å². The molecular weight excluding hydrogens is 346 g/mol. The Hall–Kier alpha value is -1.43. The summed E-state index contributed by atoms with van der Waals surface area (Å²) in [6.07, 6.45) is 1.77. The molecule has 0 aliphatic heterocycles. The lowest BCUT2D eigenvalue weighted by Gasteiger charge is -2.13. The largest absolute Gasteiger partial charge is 0.305 e. The average Bonchev–Trinajstić information content (AvgIpc) is 3.16. The number of H-pyrrole nitrogens is 1. The molecule has 0 spiro atoms. The molecule has 0 aliphatic rings. The highest BCUT2D eigenvalue weighted by Crippen LogP contribution is 2.29. The maximum atomic E-state index is 3.98. The van der Waals surface area contributed by atoms with Gasteiger partial charge in [0.15, 0.2) is 0 Å². The minimum absolute atomic E-state index is 0.339. The van der Waals surface area contributed by atoms with Crippen molar-refractivity contribution in [2.24, 2.45) is 0 Å². The molecule has 2 N–H and O–H groups in total. The van der Waals surface area contributed by atoms with Gasteiger partial charge in [-0.2, -0.15) is 5.10 Å². The predicted octanol–water partition coefficient (Wildman–Crippen LogP) is 4.75. The van der Waals surface area contributed by atoms with E-state index in [0.717, 1.165) is 17.8 Å². The maximum Gasteiger partial charge on any atom is 0.0650 e. The molecule has 108 valence electrons. The van der Waals surface area contributed by atoms with Gasteiger partial charge in [-0.1, -0.05) is 24.3 Å². The van der Waals surface area contributed by atoms with Crippen molar-refractivity contribution >= 4 is 27.3 Å². The zero-order valence-corrected chi connectivity index (χ0v) is 14.0. The molecule has 0 saturated heterocycles. The van der Waals surface area contributed by atoms with Crippen LogP contribution in [0.25, 0.3) is 11.3 Å². The predicted molar refractivity (Wildman–Crippen MR) is 91.3 cm³/mol. The molecule has 3 aromatic rings. The van der Waals surface area contributed by atoms with E-state index in [1.54, 1.807) is 17.5 Å². The van der Waals surface area contributed by atoms with Crippen LogP contribution in [0, 0.1) is 0 Å². The number of thiophene rings is 1. The van der Waals surface area contributed by atoms with Crippen LogP contribution in [0.1, 0.15) is 23.4 Å². The molecule has 1 unspecified atom stereocenters.